The number of aliphatic hydroxyl groups excluding tert-OH is 1. The summed E-state index contributed by atoms with van der Waals surface area (Å²) >= 11 is 1.54. The smallest absolute Gasteiger partial charge is 0.239 e. The number of rotatable bonds is 6. The number of nitrogens with two attached hydrogens (primary N) is 1. The van der Waals surface area contributed by atoms with Crippen LogP contribution in [-0.2, 0) is 4.79 Å². The van der Waals surface area contributed by atoms with Gasteiger partial charge in [-0.05, 0) is 30.9 Å². The van der Waals surface area contributed by atoms with Crippen LogP contribution in [0.25, 0.3) is 10.1 Å². The molecule has 0 fully saturated rings. The van der Waals surface area contributed by atoms with Gasteiger partial charge in [0.1, 0.15) is 6.10 Å². The van der Waals surface area contributed by atoms with Crippen molar-refractivity contribution < 1.29 is 9.90 Å². The second-order valence-corrected chi connectivity index (χ2v) is 6.70. The lowest BCUT2D eigenvalue weighted by molar-refractivity contribution is -0.126. The minimum Gasteiger partial charge on any atom is -0.386 e. The van der Waals surface area contributed by atoms with Crippen LogP contribution in [0.2, 0.25) is 0 Å². The number of thiophene rings is 1. The van der Waals surface area contributed by atoms with Crippen molar-refractivity contribution in [3.8, 4) is 0 Å². The van der Waals surface area contributed by atoms with Crippen molar-refractivity contribution in [2.45, 2.75) is 38.3 Å². The number of halogens is 1. The second-order valence-electron chi connectivity index (χ2n) is 5.58. The molecule has 0 spiro atoms. The van der Waals surface area contributed by atoms with Crippen LogP contribution < -0.4 is 11.1 Å². The molecule has 2 rings (SSSR count). The summed E-state index contributed by atoms with van der Waals surface area (Å²) < 4.78 is 1.13. The molecule has 0 aliphatic rings. The summed E-state index contributed by atoms with van der Waals surface area (Å²) in [6.45, 7) is 3.89. The van der Waals surface area contributed by atoms with Crippen molar-refractivity contribution in [1.29, 1.82) is 0 Å². The van der Waals surface area contributed by atoms with Gasteiger partial charge in [0.05, 0.1) is 5.54 Å². The van der Waals surface area contributed by atoms with Crippen LogP contribution in [-0.4, -0.2) is 23.1 Å². The molecule has 1 amide bonds. The third-order valence-corrected chi connectivity index (χ3v) is 4.73. The maximum Gasteiger partial charge on any atom is 0.239 e. The van der Waals surface area contributed by atoms with Crippen molar-refractivity contribution in [2.24, 2.45) is 5.73 Å². The number of nitrogens with one attached hydrogen (secondary N) is 1. The Hall–Kier alpha value is -1.14. The van der Waals surface area contributed by atoms with Gasteiger partial charge < -0.3 is 16.2 Å². The zero-order chi connectivity index (χ0) is 15.5. The Morgan fingerprint density at radius 1 is 1.45 bits per heavy atom. The molecule has 6 heteroatoms. The lowest BCUT2D eigenvalue weighted by Crippen LogP contribution is -2.52. The Morgan fingerprint density at radius 2 is 2.14 bits per heavy atom. The SMILES string of the molecule is CCCC(C)(N)C(=O)NCC(O)c1cc2ccccc2s1.Cl. The summed E-state index contributed by atoms with van der Waals surface area (Å²) in [6, 6.07) is 9.94. The fraction of sp³-hybridized carbons (Fsp3) is 0.438. The van der Waals surface area contributed by atoms with E-state index in [4.69, 9.17) is 5.73 Å². The molecule has 4 N–H and O–H groups in total. The predicted molar refractivity (Wildman–Crippen MR) is 94.5 cm³/mol. The molecule has 2 atom stereocenters. The average Bonchev–Trinajstić information content (AvgIpc) is 2.88. The highest BCUT2D eigenvalue weighted by Crippen LogP contribution is 2.29. The maximum absolute atomic E-state index is 12.0. The number of carbonyl (C=O) groups excluding carboxylic acids is 1. The van der Waals surface area contributed by atoms with Crippen LogP contribution in [0, 0.1) is 0 Å². The molecular weight excluding hydrogens is 320 g/mol. The van der Waals surface area contributed by atoms with Crippen molar-refractivity contribution in [3.05, 3.63) is 35.2 Å². The molecule has 0 saturated carbocycles. The van der Waals surface area contributed by atoms with E-state index >= 15 is 0 Å². The van der Waals surface area contributed by atoms with Crippen LogP contribution in [0.5, 0.6) is 0 Å². The Bertz CT molecular complexity index is 594. The van der Waals surface area contributed by atoms with Crippen LogP contribution >= 0.6 is 23.7 Å². The first kappa shape index (κ1) is 18.9. The molecule has 0 saturated heterocycles. The molecule has 1 aromatic carbocycles. The van der Waals surface area contributed by atoms with E-state index in [-0.39, 0.29) is 24.9 Å². The Morgan fingerprint density at radius 3 is 2.77 bits per heavy atom. The first-order chi connectivity index (χ1) is 9.94. The molecule has 0 radical (unpaired) electrons. The number of hydrogen-bond donors (Lipinski definition) is 3. The van der Waals surface area contributed by atoms with E-state index in [1.165, 1.54) is 0 Å². The summed E-state index contributed by atoms with van der Waals surface area (Å²) in [5.41, 5.74) is 5.09. The van der Waals surface area contributed by atoms with Gasteiger partial charge in [-0.15, -0.1) is 23.7 Å². The second kappa shape index (κ2) is 7.92. The van der Waals surface area contributed by atoms with E-state index in [1.54, 1.807) is 18.3 Å². The Kier molecular flexibility index (Phi) is 6.81. The van der Waals surface area contributed by atoms with E-state index in [9.17, 15) is 9.90 Å². The number of fused-ring (bicyclic) bond motifs is 1. The number of benzene rings is 1. The fourth-order valence-electron chi connectivity index (χ4n) is 2.29. The minimum absolute atomic E-state index is 0. The molecule has 22 heavy (non-hydrogen) atoms. The van der Waals surface area contributed by atoms with Crippen LogP contribution in [0.1, 0.15) is 37.7 Å². The molecule has 2 aromatic rings. The number of amides is 1. The van der Waals surface area contributed by atoms with Crippen molar-refractivity contribution in [1.82, 2.24) is 5.32 Å². The van der Waals surface area contributed by atoms with Crippen LogP contribution in [0.4, 0.5) is 0 Å². The molecule has 2 unspecified atom stereocenters. The minimum atomic E-state index is -0.880. The lowest BCUT2D eigenvalue weighted by Gasteiger charge is -2.23. The van der Waals surface area contributed by atoms with E-state index in [0.717, 1.165) is 21.4 Å². The van der Waals surface area contributed by atoms with Crippen molar-refractivity contribution in [2.75, 3.05) is 6.54 Å². The number of aliphatic hydroxyl groups is 1. The standard InChI is InChI=1S/C16H22N2O2S.ClH/c1-3-8-16(2,17)15(20)18-10-12(19)14-9-11-6-4-5-7-13(11)21-14;/h4-7,9,12,19H,3,8,10,17H2,1-2H3,(H,18,20);1H. The van der Waals surface area contributed by atoms with Gasteiger partial charge in [0.15, 0.2) is 0 Å². The zero-order valence-corrected chi connectivity index (χ0v) is 14.5. The van der Waals surface area contributed by atoms with Gasteiger partial charge in [-0.25, -0.2) is 0 Å². The first-order valence-electron chi connectivity index (χ1n) is 7.18. The monoisotopic (exact) mass is 342 g/mol. The lowest BCUT2D eigenvalue weighted by atomic mass is 9.96. The highest BCUT2D eigenvalue weighted by Gasteiger charge is 2.27. The van der Waals surface area contributed by atoms with Gasteiger partial charge in [-0.3, -0.25) is 4.79 Å². The summed E-state index contributed by atoms with van der Waals surface area (Å²) in [7, 11) is 0. The number of carbonyl (C=O) groups is 1. The largest absolute Gasteiger partial charge is 0.386 e. The van der Waals surface area contributed by atoms with Crippen LogP contribution in [0.3, 0.4) is 0 Å². The molecule has 1 heterocycles. The number of hydrogen-bond acceptors (Lipinski definition) is 4. The predicted octanol–water partition coefficient (Wildman–Crippen LogP) is 2.99. The third kappa shape index (κ3) is 4.43. The molecule has 1 aromatic heterocycles. The van der Waals surface area contributed by atoms with Gasteiger partial charge in [0.25, 0.3) is 0 Å². The normalized spacial score (nSPS) is 14.9. The zero-order valence-electron chi connectivity index (χ0n) is 12.8. The summed E-state index contributed by atoms with van der Waals surface area (Å²) in [4.78, 5) is 12.9. The van der Waals surface area contributed by atoms with Crippen molar-refractivity contribution in [3.63, 3.8) is 0 Å². The maximum atomic E-state index is 12.0. The van der Waals surface area contributed by atoms with E-state index in [2.05, 4.69) is 5.32 Å². The summed E-state index contributed by atoms with van der Waals surface area (Å²) in [5, 5.41) is 14.1. The van der Waals surface area contributed by atoms with Crippen LogP contribution in [0.15, 0.2) is 30.3 Å². The van der Waals surface area contributed by atoms with E-state index < -0.39 is 11.6 Å². The first-order valence-corrected chi connectivity index (χ1v) is 7.99. The molecular formula is C16H23ClN2O2S. The third-order valence-electron chi connectivity index (χ3n) is 3.52. The molecule has 0 bridgehead atoms. The van der Waals surface area contributed by atoms with Gasteiger partial charge in [-0.1, -0.05) is 31.5 Å². The highest BCUT2D eigenvalue weighted by molar-refractivity contribution is 7.19. The van der Waals surface area contributed by atoms with Gasteiger partial charge >= 0.3 is 0 Å². The fourth-order valence-corrected chi connectivity index (χ4v) is 3.34. The Balaban J connectivity index is 0.00000242. The van der Waals surface area contributed by atoms with Gasteiger partial charge in [0.2, 0.25) is 5.91 Å². The topological polar surface area (TPSA) is 75.4 Å². The van der Waals surface area contributed by atoms with E-state index in [1.807, 2.05) is 37.3 Å². The Labute approximate surface area is 141 Å². The molecule has 4 nitrogen and oxygen atoms in total. The molecule has 0 aliphatic carbocycles. The molecule has 122 valence electrons. The summed E-state index contributed by atoms with van der Waals surface area (Å²) in [6.07, 6.45) is 0.765. The quantitative estimate of drug-likeness (QED) is 0.755. The van der Waals surface area contributed by atoms with E-state index in [0.29, 0.717) is 6.42 Å². The van der Waals surface area contributed by atoms with Gasteiger partial charge in [0, 0.05) is 16.1 Å². The van der Waals surface area contributed by atoms with Gasteiger partial charge in [-0.2, -0.15) is 0 Å². The summed E-state index contributed by atoms with van der Waals surface area (Å²) in [5.74, 6) is -0.218. The highest BCUT2D eigenvalue weighted by atomic mass is 35.5. The average molecular weight is 343 g/mol. The van der Waals surface area contributed by atoms with Crippen molar-refractivity contribution >= 4 is 39.7 Å². The molecule has 0 aliphatic heterocycles.